The molecule has 3 aromatic rings. The molecule has 2 fully saturated rings. The van der Waals surface area contributed by atoms with Crippen molar-refractivity contribution in [3.63, 3.8) is 0 Å². The topological polar surface area (TPSA) is 30.0 Å². The molecule has 2 heterocycles. The summed E-state index contributed by atoms with van der Waals surface area (Å²) < 4.78 is 27.2. The first kappa shape index (κ1) is 25.6. The molecule has 194 valence electrons. The van der Waals surface area contributed by atoms with Crippen molar-refractivity contribution in [2.45, 2.75) is 6.04 Å². The van der Waals surface area contributed by atoms with E-state index < -0.39 is 0 Å². The van der Waals surface area contributed by atoms with Crippen LogP contribution in [0.2, 0.25) is 5.02 Å². The average Bonchev–Trinajstić information content (AvgIpc) is 2.91. The number of carbonyl (C=O) groups excluding carboxylic acids is 1. The van der Waals surface area contributed by atoms with Crippen molar-refractivity contribution in [2.75, 3.05) is 64.3 Å². The molecule has 1 amide bonds. The van der Waals surface area contributed by atoms with Gasteiger partial charge in [-0.3, -0.25) is 9.69 Å². The third-order valence-corrected chi connectivity index (χ3v) is 7.70. The first-order chi connectivity index (χ1) is 17.9. The number of likely N-dealkylation sites (N-methyl/N-ethyl adjacent to an activating group) is 1. The number of anilines is 1. The molecule has 8 heteroatoms. The van der Waals surface area contributed by atoms with Gasteiger partial charge in [-0.2, -0.15) is 0 Å². The van der Waals surface area contributed by atoms with Gasteiger partial charge in [0, 0.05) is 58.0 Å². The van der Waals surface area contributed by atoms with Crippen molar-refractivity contribution in [3.05, 3.63) is 100 Å². The minimum absolute atomic E-state index is 0.0744. The highest BCUT2D eigenvalue weighted by Gasteiger charge is 2.29. The zero-order valence-corrected chi connectivity index (χ0v) is 21.7. The van der Waals surface area contributed by atoms with Gasteiger partial charge in [0.1, 0.15) is 11.6 Å². The quantitative estimate of drug-likeness (QED) is 0.474. The number of hydrogen-bond acceptors (Lipinski definition) is 4. The van der Waals surface area contributed by atoms with Gasteiger partial charge in [0.2, 0.25) is 0 Å². The molecule has 3 aromatic carbocycles. The fourth-order valence-electron chi connectivity index (χ4n) is 5.20. The maximum Gasteiger partial charge on any atom is 0.255 e. The zero-order chi connectivity index (χ0) is 25.9. The third-order valence-electron chi connectivity index (χ3n) is 7.39. The van der Waals surface area contributed by atoms with E-state index in [0.29, 0.717) is 36.8 Å². The summed E-state index contributed by atoms with van der Waals surface area (Å²) in [5.41, 5.74) is 3.41. The molecule has 0 bridgehead atoms. The minimum atomic E-state index is -0.299. The fourth-order valence-corrected chi connectivity index (χ4v) is 5.45. The Morgan fingerprint density at radius 3 is 1.81 bits per heavy atom. The number of piperazine rings is 2. The van der Waals surface area contributed by atoms with E-state index in [4.69, 9.17) is 11.6 Å². The van der Waals surface area contributed by atoms with Crippen molar-refractivity contribution in [1.82, 2.24) is 14.7 Å². The first-order valence-electron chi connectivity index (χ1n) is 12.7. The van der Waals surface area contributed by atoms with E-state index in [2.05, 4.69) is 21.7 Å². The molecule has 37 heavy (non-hydrogen) atoms. The Labute approximate surface area is 221 Å². The second-order valence-electron chi connectivity index (χ2n) is 9.79. The zero-order valence-electron chi connectivity index (χ0n) is 20.9. The van der Waals surface area contributed by atoms with Crippen LogP contribution in [0.5, 0.6) is 0 Å². The van der Waals surface area contributed by atoms with Crippen molar-refractivity contribution < 1.29 is 13.6 Å². The van der Waals surface area contributed by atoms with Crippen molar-refractivity contribution in [3.8, 4) is 0 Å². The Balaban J connectivity index is 1.28. The molecule has 0 aromatic heterocycles. The fraction of sp³-hybridized carbons (Fsp3) is 0.345. The smallest absolute Gasteiger partial charge is 0.255 e. The standard InChI is InChI=1S/C29H31ClF2N4O/c1-33-12-14-34(15-13-33)25-10-11-26(27(30)20-25)29(37)36-18-16-35(17-19-36)28(21-2-6-23(31)7-3-21)22-4-8-24(32)9-5-22/h2-11,20,28H,12-19H2,1H3. The van der Waals surface area contributed by atoms with Crippen LogP contribution in [-0.4, -0.2) is 80.0 Å². The maximum atomic E-state index is 13.6. The molecule has 0 spiro atoms. The number of hydrogen-bond donors (Lipinski definition) is 0. The van der Waals surface area contributed by atoms with E-state index >= 15 is 0 Å². The molecule has 0 radical (unpaired) electrons. The van der Waals surface area contributed by atoms with Crippen LogP contribution >= 0.6 is 11.6 Å². The molecule has 0 atom stereocenters. The van der Waals surface area contributed by atoms with Gasteiger partial charge in [-0.1, -0.05) is 35.9 Å². The molecule has 2 aliphatic rings. The summed E-state index contributed by atoms with van der Waals surface area (Å²) in [4.78, 5) is 22.0. The van der Waals surface area contributed by atoms with Gasteiger partial charge in [-0.05, 0) is 60.6 Å². The van der Waals surface area contributed by atoms with Crippen LogP contribution < -0.4 is 4.90 Å². The lowest BCUT2D eigenvalue weighted by molar-refractivity contribution is 0.0597. The second kappa shape index (κ2) is 11.2. The van der Waals surface area contributed by atoms with Crippen molar-refractivity contribution in [2.24, 2.45) is 0 Å². The number of amides is 1. The summed E-state index contributed by atoms with van der Waals surface area (Å²) in [7, 11) is 2.12. The molecule has 0 unspecified atom stereocenters. The van der Waals surface area contributed by atoms with E-state index in [1.165, 1.54) is 24.3 Å². The number of nitrogens with zero attached hydrogens (tertiary/aromatic N) is 4. The molecular weight excluding hydrogens is 494 g/mol. The third kappa shape index (κ3) is 5.79. The number of rotatable bonds is 5. The monoisotopic (exact) mass is 524 g/mol. The summed E-state index contributed by atoms with van der Waals surface area (Å²) in [6.07, 6.45) is 0. The molecule has 0 N–H and O–H groups in total. The van der Waals surface area contributed by atoms with Gasteiger partial charge in [0.05, 0.1) is 16.6 Å². The summed E-state index contributed by atoms with van der Waals surface area (Å²) in [5.74, 6) is -0.672. The first-order valence-corrected chi connectivity index (χ1v) is 13.0. The Kier molecular flexibility index (Phi) is 7.74. The van der Waals surface area contributed by atoms with Crippen LogP contribution in [0.25, 0.3) is 0 Å². The van der Waals surface area contributed by atoms with E-state index in [1.54, 1.807) is 24.3 Å². The van der Waals surface area contributed by atoms with Crippen LogP contribution in [0.1, 0.15) is 27.5 Å². The predicted octanol–water partition coefficient (Wildman–Crippen LogP) is 4.92. The lowest BCUT2D eigenvalue weighted by Gasteiger charge is -2.40. The second-order valence-corrected chi connectivity index (χ2v) is 10.2. The molecular formula is C29H31ClF2N4O. The molecule has 5 rings (SSSR count). The van der Waals surface area contributed by atoms with E-state index in [9.17, 15) is 13.6 Å². The maximum absolute atomic E-state index is 13.6. The molecule has 2 aliphatic heterocycles. The highest BCUT2D eigenvalue weighted by atomic mass is 35.5. The number of halogens is 3. The molecule has 5 nitrogen and oxygen atoms in total. The summed E-state index contributed by atoms with van der Waals surface area (Å²) in [5, 5.41) is 0.472. The van der Waals surface area contributed by atoms with Gasteiger partial charge >= 0.3 is 0 Å². The van der Waals surface area contributed by atoms with Gasteiger partial charge in [0.15, 0.2) is 0 Å². The van der Waals surface area contributed by atoms with E-state index in [-0.39, 0.29) is 23.6 Å². The Hall–Kier alpha value is -3.00. The normalized spacial score (nSPS) is 17.4. The van der Waals surface area contributed by atoms with Gasteiger partial charge in [-0.25, -0.2) is 8.78 Å². The highest BCUT2D eigenvalue weighted by Crippen LogP contribution is 2.31. The lowest BCUT2D eigenvalue weighted by Crippen LogP contribution is -2.50. The van der Waals surface area contributed by atoms with Gasteiger partial charge < -0.3 is 14.7 Å². The Morgan fingerprint density at radius 2 is 1.30 bits per heavy atom. The van der Waals surface area contributed by atoms with Gasteiger partial charge in [0.25, 0.3) is 5.91 Å². The largest absolute Gasteiger partial charge is 0.369 e. The van der Waals surface area contributed by atoms with Crippen LogP contribution in [0.3, 0.4) is 0 Å². The van der Waals surface area contributed by atoms with Crippen LogP contribution in [0.15, 0.2) is 66.7 Å². The number of carbonyl (C=O) groups is 1. The molecule has 0 aliphatic carbocycles. The number of benzene rings is 3. The lowest BCUT2D eigenvalue weighted by atomic mass is 9.96. The average molecular weight is 525 g/mol. The summed E-state index contributed by atoms with van der Waals surface area (Å²) >= 11 is 6.60. The SMILES string of the molecule is CN1CCN(c2ccc(C(=O)N3CCN(C(c4ccc(F)cc4)c4ccc(F)cc4)CC3)c(Cl)c2)CC1. The molecule has 0 saturated carbocycles. The molecule has 2 saturated heterocycles. The van der Waals surface area contributed by atoms with Crippen molar-refractivity contribution >= 4 is 23.2 Å². The Bertz CT molecular complexity index is 1180. The van der Waals surface area contributed by atoms with Crippen LogP contribution in [-0.2, 0) is 0 Å². The van der Waals surface area contributed by atoms with Crippen LogP contribution in [0, 0.1) is 11.6 Å². The van der Waals surface area contributed by atoms with E-state index in [0.717, 1.165) is 43.0 Å². The highest BCUT2D eigenvalue weighted by molar-refractivity contribution is 6.34. The van der Waals surface area contributed by atoms with Crippen molar-refractivity contribution in [1.29, 1.82) is 0 Å². The van der Waals surface area contributed by atoms with Crippen LogP contribution in [0.4, 0.5) is 14.5 Å². The van der Waals surface area contributed by atoms with Gasteiger partial charge in [-0.15, -0.1) is 0 Å². The Morgan fingerprint density at radius 1 is 0.757 bits per heavy atom. The minimum Gasteiger partial charge on any atom is -0.369 e. The predicted molar refractivity (Wildman–Crippen MR) is 143 cm³/mol. The van der Waals surface area contributed by atoms with E-state index in [1.807, 2.05) is 23.1 Å². The summed E-state index contributed by atoms with van der Waals surface area (Å²) in [6.45, 7) is 6.20. The summed E-state index contributed by atoms with van der Waals surface area (Å²) in [6, 6.07) is 18.4.